The van der Waals surface area contributed by atoms with Crippen LogP contribution in [0.4, 0.5) is 5.69 Å². The van der Waals surface area contributed by atoms with Crippen LogP contribution in [0.25, 0.3) is 0 Å². The van der Waals surface area contributed by atoms with Crippen molar-refractivity contribution >= 4 is 45.7 Å². The van der Waals surface area contributed by atoms with Gasteiger partial charge in [0.15, 0.2) is 0 Å². The predicted molar refractivity (Wildman–Crippen MR) is 76.2 cm³/mol. The Hall–Kier alpha value is -0.490. The van der Waals surface area contributed by atoms with Gasteiger partial charge in [-0.3, -0.25) is 0 Å². The number of aliphatic imine (C=N–C) groups is 1. The first kappa shape index (κ1) is 13.6. The third kappa shape index (κ3) is 3.83. The number of rotatable bonds is 6. The molecule has 5 heteroatoms. The summed E-state index contributed by atoms with van der Waals surface area (Å²) in [6.45, 7) is 1.10. The van der Waals surface area contributed by atoms with Crippen molar-refractivity contribution in [1.29, 1.82) is 0 Å². The first-order valence-electron chi connectivity index (χ1n) is 4.71. The van der Waals surface area contributed by atoms with Gasteiger partial charge in [-0.1, -0.05) is 28.7 Å². The van der Waals surface area contributed by atoms with Crippen molar-refractivity contribution in [3.05, 3.63) is 23.8 Å². The Balaban J connectivity index is 2.90. The molecule has 1 aromatic rings. The van der Waals surface area contributed by atoms with Crippen molar-refractivity contribution in [2.45, 2.75) is 4.43 Å². The quantitative estimate of drug-likeness (QED) is 0.259. The zero-order valence-corrected chi connectivity index (χ0v) is 11.9. The van der Waals surface area contributed by atoms with E-state index in [9.17, 15) is 0 Å². The Morgan fingerprint density at radius 1 is 1.44 bits per heavy atom. The number of alkyl halides is 1. The van der Waals surface area contributed by atoms with Crippen molar-refractivity contribution in [3.63, 3.8) is 0 Å². The van der Waals surface area contributed by atoms with Crippen molar-refractivity contribution in [3.8, 4) is 5.75 Å². The molecule has 0 amide bonds. The second kappa shape index (κ2) is 7.73. The topological polar surface area (TPSA) is 30.8 Å². The first-order chi connectivity index (χ1) is 7.83. The predicted octanol–water partition coefficient (Wildman–Crippen LogP) is 3.38. The Kier molecular flexibility index (Phi) is 6.56. The molecule has 3 nitrogen and oxygen atoms in total. The van der Waals surface area contributed by atoms with Crippen LogP contribution in [0.5, 0.6) is 5.75 Å². The van der Waals surface area contributed by atoms with Gasteiger partial charge in [0.1, 0.15) is 12.4 Å². The fraction of sp³-hybridized carbons (Fsp3) is 0.364. The van der Waals surface area contributed by atoms with Gasteiger partial charge in [-0.15, -0.1) is 0 Å². The van der Waals surface area contributed by atoms with Gasteiger partial charge in [0.2, 0.25) is 0 Å². The Morgan fingerprint density at radius 2 is 2.25 bits per heavy atom. The summed E-state index contributed by atoms with van der Waals surface area (Å²) in [6, 6.07) is 5.71. The van der Waals surface area contributed by atoms with Crippen LogP contribution < -0.4 is 4.74 Å². The molecule has 1 rings (SSSR count). The summed E-state index contributed by atoms with van der Waals surface area (Å²) in [5.41, 5.74) is 1.86. The van der Waals surface area contributed by atoms with Gasteiger partial charge < -0.3 is 9.47 Å². The van der Waals surface area contributed by atoms with E-state index in [1.54, 1.807) is 7.11 Å². The average molecular weight is 349 g/mol. The maximum Gasteiger partial charge on any atom is 0.125 e. The lowest BCUT2D eigenvalue weighted by Crippen LogP contribution is -2.05. The highest BCUT2D eigenvalue weighted by Crippen LogP contribution is 2.30. The molecule has 0 atom stereocenters. The van der Waals surface area contributed by atoms with Crippen LogP contribution in [0.2, 0.25) is 0 Å². The number of isothiocyanates is 1. The van der Waals surface area contributed by atoms with Gasteiger partial charge in [-0.05, 0) is 24.4 Å². The lowest BCUT2D eigenvalue weighted by molar-refractivity contribution is 0.146. The van der Waals surface area contributed by atoms with Gasteiger partial charge in [0.05, 0.1) is 17.5 Å². The maximum atomic E-state index is 5.60. The molecule has 0 aliphatic carbocycles. The van der Waals surface area contributed by atoms with E-state index in [1.807, 2.05) is 18.2 Å². The number of hydrogen-bond donors (Lipinski definition) is 0. The Bertz CT molecular complexity index is 392. The third-order valence-corrected chi connectivity index (χ3v) is 2.81. The molecule has 0 aliphatic rings. The molecule has 0 spiro atoms. The SMILES string of the molecule is COCCOc1cccc(N=C=S)c1CI. The van der Waals surface area contributed by atoms with E-state index in [4.69, 9.17) is 9.47 Å². The highest BCUT2D eigenvalue weighted by atomic mass is 127. The van der Waals surface area contributed by atoms with Crippen LogP contribution in [-0.4, -0.2) is 25.5 Å². The van der Waals surface area contributed by atoms with Crippen LogP contribution >= 0.6 is 34.8 Å². The molecule has 0 saturated heterocycles. The maximum absolute atomic E-state index is 5.60. The molecule has 0 fully saturated rings. The molecule has 0 bridgehead atoms. The lowest BCUT2D eigenvalue weighted by atomic mass is 10.2. The highest BCUT2D eigenvalue weighted by molar-refractivity contribution is 14.1. The summed E-state index contributed by atoms with van der Waals surface area (Å²) in [5.74, 6) is 0.831. The molecule has 0 aliphatic heterocycles. The van der Waals surface area contributed by atoms with E-state index in [0.29, 0.717) is 13.2 Å². The van der Waals surface area contributed by atoms with Gasteiger partial charge >= 0.3 is 0 Å². The van der Waals surface area contributed by atoms with Crippen molar-refractivity contribution < 1.29 is 9.47 Å². The summed E-state index contributed by atoms with van der Waals surface area (Å²) in [4.78, 5) is 4.02. The number of ether oxygens (including phenoxy) is 2. The summed E-state index contributed by atoms with van der Waals surface area (Å²) < 4.78 is 11.4. The van der Waals surface area contributed by atoms with Gasteiger partial charge in [0.25, 0.3) is 0 Å². The van der Waals surface area contributed by atoms with Gasteiger partial charge in [-0.2, -0.15) is 4.99 Å². The second-order valence-corrected chi connectivity index (χ2v) is 3.88. The Labute approximate surface area is 114 Å². The number of halogens is 1. The average Bonchev–Trinajstić information content (AvgIpc) is 2.30. The molecule has 0 aromatic heterocycles. The highest BCUT2D eigenvalue weighted by Gasteiger charge is 2.07. The van der Waals surface area contributed by atoms with Crippen LogP contribution in [0.3, 0.4) is 0 Å². The summed E-state index contributed by atoms with van der Waals surface area (Å²) >= 11 is 6.88. The standard InChI is InChI=1S/C11H12INO2S/c1-14-5-6-15-11-4-2-3-10(13-8-16)9(11)7-12/h2-4H,5-7H2,1H3. The van der Waals surface area contributed by atoms with E-state index in [-0.39, 0.29) is 0 Å². The fourth-order valence-electron chi connectivity index (χ4n) is 1.21. The number of thiocarbonyl (C=S) groups is 1. The molecule has 0 N–H and O–H groups in total. The van der Waals surface area contributed by atoms with E-state index >= 15 is 0 Å². The molecular weight excluding hydrogens is 337 g/mol. The molecule has 86 valence electrons. The molecule has 0 radical (unpaired) electrons. The molecule has 1 aromatic carbocycles. The zero-order valence-electron chi connectivity index (χ0n) is 8.90. The van der Waals surface area contributed by atoms with Gasteiger partial charge in [-0.25, -0.2) is 0 Å². The molecule has 16 heavy (non-hydrogen) atoms. The first-order valence-corrected chi connectivity index (χ1v) is 6.64. The van der Waals surface area contributed by atoms with Crippen molar-refractivity contribution in [2.24, 2.45) is 4.99 Å². The zero-order chi connectivity index (χ0) is 11.8. The van der Waals surface area contributed by atoms with Crippen molar-refractivity contribution in [1.82, 2.24) is 0 Å². The van der Waals surface area contributed by atoms with Crippen LogP contribution in [-0.2, 0) is 9.16 Å². The minimum Gasteiger partial charge on any atom is -0.491 e. The smallest absolute Gasteiger partial charge is 0.125 e. The molecule has 0 unspecified atom stereocenters. The largest absolute Gasteiger partial charge is 0.491 e. The fourth-order valence-corrected chi connectivity index (χ4v) is 2.08. The van der Waals surface area contributed by atoms with E-state index < -0.39 is 0 Å². The summed E-state index contributed by atoms with van der Waals surface area (Å²) in [6.07, 6.45) is 0. The monoisotopic (exact) mass is 349 g/mol. The lowest BCUT2D eigenvalue weighted by Gasteiger charge is -2.10. The van der Waals surface area contributed by atoms with E-state index in [2.05, 4.69) is 45.0 Å². The second-order valence-electron chi connectivity index (χ2n) is 2.93. The number of methoxy groups -OCH3 is 1. The third-order valence-electron chi connectivity index (χ3n) is 1.95. The van der Waals surface area contributed by atoms with E-state index in [0.717, 1.165) is 21.4 Å². The summed E-state index contributed by atoms with van der Waals surface area (Å²) in [5, 5.41) is 2.38. The normalized spacial score (nSPS) is 9.62. The number of hydrogen-bond acceptors (Lipinski definition) is 4. The van der Waals surface area contributed by atoms with Crippen molar-refractivity contribution in [2.75, 3.05) is 20.3 Å². The van der Waals surface area contributed by atoms with Crippen LogP contribution in [0, 0.1) is 0 Å². The molecule has 0 saturated carbocycles. The van der Waals surface area contributed by atoms with Gasteiger partial charge in [0, 0.05) is 17.1 Å². The van der Waals surface area contributed by atoms with E-state index in [1.165, 1.54) is 0 Å². The minimum absolute atomic E-state index is 0.533. The van der Waals surface area contributed by atoms with Crippen LogP contribution in [0.1, 0.15) is 5.56 Å². The Morgan fingerprint density at radius 3 is 2.88 bits per heavy atom. The molecule has 0 heterocycles. The number of nitrogens with zero attached hydrogens (tertiary/aromatic N) is 1. The summed E-state index contributed by atoms with van der Waals surface area (Å²) in [7, 11) is 1.65. The minimum atomic E-state index is 0.533. The van der Waals surface area contributed by atoms with Crippen LogP contribution in [0.15, 0.2) is 23.2 Å². The number of benzene rings is 1. The molecular formula is C11H12INO2S.